The Labute approximate surface area is 195 Å². The molecule has 10 heteroatoms. The number of hydrogen-bond acceptors (Lipinski definition) is 10. The van der Waals surface area contributed by atoms with Gasteiger partial charge in [-0.05, 0) is 37.5 Å². The predicted molar refractivity (Wildman–Crippen MR) is 111 cm³/mol. The third kappa shape index (κ3) is 3.39. The average Bonchev–Trinajstić information content (AvgIpc) is 3.58. The minimum absolute atomic E-state index is 0.0830. The zero-order valence-electron chi connectivity index (χ0n) is 19.3. The first kappa shape index (κ1) is 22.8. The summed E-state index contributed by atoms with van der Waals surface area (Å²) in [5.41, 5.74) is -1.39. The Morgan fingerprint density at radius 2 is 1.91 bits per heavy atom. The van der Waals surface area contributed by atoms with Crippen molar-refractivity contribution in [3.63, 3.8) is 0 Å². The lowest BCUT2D eigenvalue weighted by atomic mass is 9.82. The van der Waals surface area contributed by atoms with Gasteiger partial charge in [-0.3, -0.25) is 14.4 Å². The van der Waals surface area contributed by atoms with Gasteiger partial charge in [0.15, 0.2) is 6.10 Å². The molecular weight excluding hydrogens is 448 g/mol. The van der Waals surface area contributed by atoms with Gasteiger partial charge in [0.25, 0.3) is 0 Å². The van der Waals surface area contributed by atoms with Gasteiger partial charge in [-0.2, -0.15) is 0 Å². The second-order valence-electron chi connectivity index (χ2n) is 9.65. The summed E-state index contributed by atoms with van der Waals surface area (Å²) in [6.07, 6.45) is -2.99. The molecule has 0 spiro atoms. The number of aryl methyl sites for hydroxylation is 1. The molecule has 0 radical (unpaired) electrons. The van der Waals surface area contributed by atoms with Crippen molar-refractivity contribution in [2.75, 3.05) is 0 Å². The van der Waals surface area contributed by atoms with Gasteiger partial charge in [-0.15, -0.1) is 0 Å². The van der Waals surface area contributed by atoms with E-state index >= 15 is 0 Å². The van der Waals surface area contributed by atoms with Crippen LogP contribution in [0.5, 0.6) is 0 Å². The lowest BCUT2D eigenvalue weighted by molar-refractivity contribution is -0.167. The molecule has 5 rings (SSSR count). The molecule has 0 saturated carbocycles. The molecule has 0 aromatic carbocycles. The first-order valence-electron chi connectivity index (χ1n) is 11.2. The van der Waals surface area contributed by atoms with Crippen LogP contribution in [0.1, 0.15) is 62.9 Å². The predicted octanol–water partition coefficient (Wildman–Crippen LogP) is 2.18. The molecule has 3 fully saturated rings. The average molecular weight is 474 g/mol. The molecule has 5 heterocycles. The van der Waals surface area contributed by atoms with Crippen LogP contribution in [0.15, 0.2) is 22.6 Å². The summed E-state index contributed by atoms with van der Waals surface area (Å²) < 4.78 is 34.8. The van der Waals surface area contributed by atoms with Gasteiger partial charge in [0.05, 0.1) is 0 Å². The highest BCUT2D eigenvalue weighted by Gasteiger charge is 2.79. The standard InChI is InChI=1S/C24H26O10/c1-10-6-15-20-23(5,33-20)8-16-21-24(34-21,22(28)32-16)17(29-12(3)26)7-14(11(2)9-25)19(18(10)31-15)30-13(4)27/h6,9,14,16-17,19-21H,2,7-8H2,1,3-5H3/t14-,16?,17?,19?,20+,21-,23+,24-/m1/s1. The molecule has 1 aromatic rings. The maximum absolute atomic E-state index is 13.0. The molecule has 3 unspecified atom stereocenters. The fraction of sp³-hybridized carbons (Fsp3) is 0.583. The smallest absolute Gasteiger partial charge is 0.345 e. The molecule has 4 bridgehead atoms. The van der Waals surface area contributed by atoms with Crippen molar-refractivity contribution in [2.45, 2.75) is 82.3 Å². The number of esters is 3. The molecular formula is C24H26O10. The number of epoxide rings is 2. The highest BCUT2D eigenvalue weighted by molar-refractivity contribution is 5.88. The molecule has 3 saturated heterocycles. The molecule has 4 aliphatic rings. The highest BCUT2D eigenvalue weighted by atomic mass is 16.7. The van der Waals surface area contributed by atoms with Crippen LogP contribution in [-0.2, 0) is 42.9 Å². The quantitative estimate of drug-likeness (QED) is 0.210. The highest BCUT2D eigenvalue weighted by Crippen LogP contribution is 2.60. The number of carbonyl (C=O) groups is 4. The Morgan fingerprint density at radius 1 is 1.21 bits per heavy atom. The molecule has 10 nitrogen and oxygen atoms in total. The molecule has 1 aromatic heterocycles. The van der Waals surface area contributed by atoms with Gasteiger partial charge in [0.1, 0.15) is 47.8 Å². The minimum Gasteiger partial charge on any atom is -0.459 e. The third-order valence-corrected chi connectivity index (χ3v) is 7.13. The number of aldehydes is 1. The van der Waals surface area contributed by atoms with E-state index in [0.29, 0.717) is 29.8 Å². The van der Waals surface area contributed by atoms with Crippen LogP contribution in [0.4, 0.5) is 0 Å². The maximum atomic E-state index is 13.0. The normalized spacial score (nSPS) is 39.7. The summed E-state index contributed by atoms with van der Waals surface area (Å²) in [4.78, 5) is 48.9. The van der Waals surface area contributed by atoms with E-state index in [-0.39, 0.29) is 12.0 Å². The van der Waals surface area contributed by atoms with Gasteiger partial charge in [0, 0.05) is 26.2 Å². The second kappa shape index (κ2) is 7.51. The van der Waals surface area contributed by atoms with Gasteiger partial charge >= 0.3 is 17.9 Å². The zero-order valence-corrected chi connectivity index (χ0v) is 19.3. The number of rotatable bonds is 4. The molecule has 4 aliphatic heterocycles. The Hall–Kier alpha value is -2.98. The van der Waals surface area contributed by atoms with E-state index in [1.54, 1.807) is 13.0 Å². The van der Waals surface area contributed by atoms with Crippen LogP contribution in [0.25, 0.3) is 0 Å². The number of ether oxygens (including phenoxy) is 5. The maximum Gasteiger partial charge on any atom is 0.345 e. The minimum atomic E-state index is -1.50. The van der Waals surface area contributed by atoms with Crippen molar-refractivity contribution >= 4 is 24.2 Å². The molecule has 34 heavy (non-hydrogen) atoms. The molecule has 0 amide bonds. The van der Waals surface area contributed by atoms with Gasteiger partial charge in [-0.1, -0.05) is 6.58 Å². The lowest BCUT2D eigenvalue weighted by Crippen LogP contribution is -2.42. The molecule has 0 aliphatic carbocycles. The summed E-state index contributed by atoms with van der Waals surface area (Å²) in [6.45, 7) is 9.97. The van der Waals surface area contributed by atoms with E-state index < -0.39 is 65.5 Å². The summed E-state index contributed by atoms with van der Waals surface area (Å²) in [7, 11) is 0. The van der Waals surface area contributed by atoms with Crippen molar-refractivity contribution < 1.29 is 47.3 Å². The van der Waals surface area contributed by atoms with E-state index in [4.69, 9.17) is 28.1 Å². The fourth-order valence-corrected chi connectivity index (χ4v) is 5.40. The van der Waals surface area contributed by atoms with Crippen LogP contribution in [-0.4, -0.2) is 53.7 Å². The van der Waals surface area contributed by atoms with Gasteiger partial charge in [0.2, 0.25) is 5.60 Å². The monoisotopic (exact) mass is 474 g/mol. The Bertz CT molecular complexity index is 1100. The van der Waals surface area contributed by atoms with E-state index in [1.807, 2.05) is 6.92 Å². The summed E-state index contributed by atoms with van der Waals surface area (Å²) in [5.74, 6) is -1.89. The Balaban J connectivity index is 1.65. The van der Waals surface area contributed by atoms with Crippen LogP contribution < -0.4 is 0 Å². The van der Waals surface area contributed by atoms with E-state index in [0.717, 1.165) is 0 Å². The van der Waals surface area contributed by atoms with Crippen molar-refractivity contribution in [2.24, 2.45) is 5.92 Å². The molecule has 0 N–H and O–H groups in total. The SMILES string of the molecule is C=C(C=O)[C@H]1CC(OC(C)=O)[C@@]23O[C@@H]2C(C[C@]2(C)O[C@H]2c2cc(C)c(o2)C1OC(C)=O)OC3=O. The van der Waals surface area contributed by atoms with Crippen molar-refractivity contribution in [1.82, 2.24) is 0 Å². The van der Waals surface area contributed by atoms with Crippen molar-refractivity contribution in [3.05, 3.63) is 35.3 Å². The molecule has 8 atom stereocenters. The number of fused-ring (bicyclic) bond motifs is 4. The van der Waals surface area contributed by atoms with Crippen LogP contribution in [0.2, 0.25) is 0 Å². The molecule has 182 valence electrons. The first-order valence-corrected chi connectivity index (χ1v) is 11.2. The van der Waals surface area contributed by atoms with E-state index in [1.165, 1.54) is 13.8 Å². The van der Waals surface area contributed by atoms with Crippen LogP contribution in [0, 0.1) is 12.8 Å². The Morgan fingerprint density at radius 3 is 2.53 bits per heavy atom. The number of furan rings is 1. The van der Waals surface area contributed by atoms with E-state index in [9.17, 15) is 19.2 Å². The topological polar surface area (TPSA) is 134 Å². The largest absolute Gasteiger partial charge is 0.459 e. The lowest BCUT2D eigenvalue weighted by Gasteiger charge is -2.30. The van der Waals surface area contributed by atoms with Gasteiger partial charge in [-0.25, -0.2) is 4.79 Å². The first-order chi connectivity index (χ1) is 16.0. The van der Waals surface area contributed by atoms with E-state index in [2.05, 4.69) is 6.58 Å². The van der Waals surface area contributed by atoms with Crippen molar-refractivity contribution in [3.8, 4) is 0 Å². The van der Waals surface area contributed by atoms with Crippen molar-refractivity contribution in [1.29, 1.82) is 0 Å². The fourth-order valence-electron chi connectivity index (χ4n) is 5.40. The van der Waals surface area contributed by atoms with Crippen LogP contribution in [0.3, 0.4) is 0 Å². The third-order valence-electron chi connectivity index (χ3n) is 7.13. The number of hydrogen-bond donors (Lipinski definition) is 0. The van der Waals surface area contributed by atoms with Gasteiger partial charge < -0.3 is 28.1 Å². The summed E-state index contributed by atoms with van der Waals surface area (Å²) in [5, 5.41) is 0. The second-order valence-corrected chi connectivity index (χ2v) is 9.65. The number of carbonyl (C=O) groups excluding carboxylic acids is 4. The Kier molecular flexibility index (Phi) is 5.04. The summed E-state index contributed by atoms with van der Waals surface area (Å²) in [6, 6.07) is 1.80. The zero-order chi connectivity index (χ0) is 24.6. The summed E-state index contributed by atoms with van der Waals surface area (Å²) >= 11 is 0. The van der Waals surface area contributed by atoms with Crippen LogP contribution >= 0.6 is 0 Å².